The molecule has 0 heterocycles. The number of aliphatic carboxylic acids is 1. The summed E-state index contributed by atoms with van der Waals surface area (Å²) in [5.41, 5.74) is 2.27. The van der Waals surface area contributed by atoms with Crippen molar-refractivity contribution in [1.82, 2.24) is 0 Å². The van der Waals surface area contributed by atoms with E-state index < -0.39 is 18.2 Å². The van der Waals surface area contributed by atoms with Gasteiger partial charge >= 0.3 is 5.97 Å². The third-order valence-corrected chi connectivity index (χ3v) is 2.91. The molecule has 0 bridgehead atoms. The molecule has 2 rings (SSSR count). The van der Waals surface area contributed by atoms with Gasteiger partial charge in [-0.05, 0) is 23.3 Å². The molecule has 0 aliphatic rings. The third-order valence-electron chi connectivity index (χ3n) is 2.68. The van der Waals surface area contributed by atoms with Crippen molar-refractivity contribution in [2.75, 3.05) is 0 Å². The van der Waals surface area contributed by atoms with Gasteiger partial charge in [-0.15, -0.1) is 0 Å². The molecule has 0 aromatic heterocycles. The highest BCUT2D eigenvalue weighted by Gasteiger charge is 2.10. The minimum atomic E-state index is -1.12. The Hall–Kier alpha value is -2.13. The number of hydrogen-bond acceptors (Lipinski definition) is 2. The summed E-state index contributed by atoms with van der Waals surface area (Å²) in [6, 6.07) is 14.2. The molecule has 2 aromatic rings. The highest BCUT2D eigenvalue weighted by atomic mass is 35.5. The van der Waals surface area contributed by atoms with Gasteiger partial charge in [-0.3, -0.25) is 9.59 Å². The SMILES string of the molecule is O=C(O)CC(=O)c1ccc(-c2cccc(Cl)c2)cc1. The van der Waals surface area contributed by atoms with Crippen LogP contribution in [-0.2, 0) is 4.79 Å². The van der Waals surface area contributed by atoms with E-state index in [1.807, 2.05) is 18.2 Å². The van der Waals surface area contributed by atoms with Crippen molar-refractivity contribution in [3.05, 3.63) is 59.1 Å². The van der Waals surface area contributed by atoms with Gasteiger partial charge in [0, 0.05) is 10.6 Å². The second kappa shape index (κ2) is 5.67. The minimum Gasteiger partial charge on any atom is -0.481 e. The lowest BCUT2D eigenvalue weighted by Crippen LogP contribution is -2.06. The molecule has 0 saturated heterocycles. The van der Waals surface area contributed by atoms with Crippen LogP contribution in [0.15, 0.2) is 48.5 Å². The van der Waals surface area contributed by atoms with E-state index in [1.165, 1.54) is 0 Å². The predicted molar refractivity (Wildman–Crippen MR) is 73.5 cm³/mol. The third kappa shape index (κ3) is 3.42. The molecule has 0 radical (unpaired) electrons. The molecule has 0 aliphatic carbocycles. The summed E-state index contributed by atoms with van der Waals surface area (Å²) < 4.78 is 0. The molecule has 2 aromatic carbocycles. The van der Waals surface area contributed by atoms with Crippen molar-refractivity contribution in [3.8, 4) is 11.1 Å². The molecule has 1 N–H and O–H groups in total. The van der Waals surface area contributed by atoms with Crippen molar-refractivity contribution in [1.29, 1.82) is 0 Å². The summed E-state index contributed by atoms with van der Waals surface area (Å²) in [5.74, 6) is -1.52. The van der Waals surface area contributed by atoms with E-state index in [2.05, 4.69) is 0 Å². The number of benzene rings is 2. The molecule has 0 saturated carbocycles. The zero-order chi connectivity index (χ0) is 13.8. The highest BCUT2D eigenvalue weighted by molar-refractivity contribution is 6.30. The van der Waals surface area contributed by atoms with E-state index in [4.69, 9.17) is 16.7 Å². The summed E-state index contributed by atoms with van der Waals surface area (Å²) in [5, 5.41) is 9.22. The lowest BCUT2D eigenvalue weighted by Gasteiger charge is -2.04. The van der Waals surface area contributed by atoms with Gasteiger partial charge in [-0.1, -0.05) is 48.0 Å². The van der Waals surface area contributed by atoms with Crippen LogP contribution in [0.3, 0.4) is 0 Å². The Kier molecular flexibility index (Phi) is 3.97. The number of Topliss-reactive ketones (excluding diaryl/α,β-unsaturated/α-hetero) is 1. The minimum absolute atomic E-state index is 0.396. The van der Waals surface area contributed by atoms with E-state index in [1.54, 1.807) is 30.3 Å². The maximum absolute atomic E-state index is 11.6. The first kappa shape index (κ1) is 13.3. The Morgan fingerprint density at radius 1 is 1.00 bits per heavy atom. The van der Waals surface area contributed by atoms with Crippen LogP contribution in [-0.4, -0.2) is 16.9 Å². The first-order valence-electron chi connectivity index (χ1n) is 5.67. The fourth-order valence-corrected chi connectivity index (χ4v) is 1.95. The molecule has 19 heavy (non-hydrogen) atoms. The number of ketones is 1. The maximum Gasteiger partial charge on any atom is 0.311 e. The van der Waals surface area contributed by atoms with Gasteiger partial charge in [-0.25, -0.2) is 0 Å². The van der Waals surface area contributed by atoms with Gasteiger partial charge in [0.25, 0.3) is 0 Å². The van der Waals surface area contributed by atoms with Gasteiger partial charge in [-0.2, -0.15) is 0 Å². The Bertz CT molecular complexity index is 618. The first-order chi connectivity index (χ1) is 9.06. The standard InChI is InChI=1S/C15H11ClO3/c16-13-3-1-2-12(8-13)10-4-6-11(7-5-10)14(17)9-15(18)19/h1-8H,9H2,(H,18,19). The van der Waals surface area contributed by atoms with E-state index in [-0.39, 0.29) is 0 Å². The summed E-state index contributed by atoms with van der Waals surface area (Å²) in [7, 11) is 0. The fourth-order valence-electron chi connectivity index (χ4n) is 1.76. The number of carboxylic acids is 1. The molecule has 96 valence electrons. The molecule has 0 atom stereocenters. The van der Waals surface area contributed by atoms with Crippen molar-refractivity contribution >= 4 is 23.4 Å². The second-order valence-electron chi connectivity index (χ2n) is 4.08. The van der Waals surface area contributed by atoms with Crippen LogP contribution in [0.2, 0.25) is 5.02 Å². The largest absolute Gasteiger partial charge is 0.481 e. The quantitative estimate of drug-likeness (QED) is 0.684. The molecule has 0 aliphatic heterocycles. The average molecular weight is 275 g/mol. The van der Waals surface area contributed by atoms with E-state index in [9.17, 15) is 9.59 Å². The van der Waals surface area contributed by atoms with Crippen molar-refractivity contribution < 1.29 is 14.7 Å². The zero-order valence-electron chi connectivity index (χ0n) is 9.97. The van der Waals surface area contributed by atoms with Gasteiger partial charge < -0.3 is 5.11 Å². The molecule has 4 heteroatoms. The number of halogens is 1. The monoisotopic (exact) mass is 274 g/mol. The van der Waals surface area contributed by atoms with Crippen LogP contribution in [0.4, 0.5) is 0 Å². The zero-order valence-corrected chi connectivity index (χ0v) is 10.7. The molecule has 0 fully saturated rings. The number of carbonyl (C=O) groups excluding carboxylic acids is 1. The second-order valence-corrected chi connectivity index (χ2v) is 4.52. The van der Waals surface area contributed by atoms with Gasteiger partial charge in [0.15, 0.2) is 5.78 Å². The topological polar surface area (TPSA) is 54.4 Å². The molecule has 0 unspecified atom stereocenters. The van der Waals surface area contributed by atoms with E-state index in [0.717, 1.165) is 11.1 Å². The van der Waals surface area contributed by atoms with Crippen LogP contribution >= 0.6 is 11.6 Å². The van der Waals surface area contributed by atoms with Crippen LogP contribution in [0.1, 0.15) is 16.8 Å². The Morgan fingerprint density at radius 2 is 1.68 bits per heavy atom. The lowest BCUT2D eigenvalue weighted by atomic mass is 10.0. The average Bonchev–Trinajstić information content (AvgIpc) is 2.38. The fraction of sp³-hybridized carbons (Fsp3) is 0.0667. The number of carbonyl (C=O) groups is 2. The van der Waals surface area contributed by atoms with Gasteiger partial charge in [0.05, 0.1) is 0 Å². The van der Waals surface area contributed by atoms with Crippen LogP contribution in [0.25, 0.3) is 11.1 Å². The molecule has 0 amide bonds. The summed E-state index contributed by atoms with van der Waals surface area (Å²) in [4.78, 5) is 22.0. The summed E-state index contributed by atoms with van der Waals surface area (Å²) in [6.07, 6.45) is -0.490. The smallest absolute Gasteiger partial charge is 0.311 e. The van der Waals surface area contributed by atoms with Crippen molar-refractivity contribution in [2.24, 2.45) is 0 Å². The van der Waals surface area contributed by atoms with Crippen molar-refractivity contribution in [2.45, 2.75) is 6.42 Å². The molecule has 3 nitrogen and oxygen atoms in total. The lowest BCUT2D eigenvalue weighted by molar-refractivity contribution is -0.135. The Labute approximate surface area is 115 Å². The van der Waals surface area contributed by atoms with Gasteiger partial charge in [0.1, 0.15) is 6.42 Å². The van der Waals surface area contributed by atoms with Crippen molar-refractivity contribution in [3.63, 3.8) is 0 Å². The first-order valence-corrected chi connectivity index (χ1v) is 6.05. The summed E-state index contributed by atoms with van der Waals surface area (Å²) in [6.45, 7) is 0. The normalized spacial score (nSPS) is 10.2. The molecular formula is C15H11ClO3. The Morgan fingerprint density at radius 3 is 2.26 bits per heavy atom. The van der Waals surface area contributed by atoms with E-state index >= 15 is 0 Å². The number of hydrogen-bond donors (Lipinski definition) is 1. The molecular weight excluding hydrogens is 264 g/mol. The highest BCUT2D eigenvalue weighted by Crippen LogP contribution is 2.23. The summed E-state index contributed by atoms with van der Waals surface area (Å²) >= 11 is 5.91. The number of carboxylic acid groups (broad SMARTS) is 1. The number of rotatable bonds is 4. The van der Waals surface area contributed by atoms with Gasteiger partial charge in [0.2, 0.25) is 0 Å². The van der Waals surface area contributed by atoms with Crippen LogP contribution < -0.4 is 0 Å². The van der Waals surface area contributed by atoms with Crippen LogP contribution in [0.5, 0.6) is 0 Å². The molecule has 0 spiro atoms. The van der Waals surface area contributed by atoms with E-state index in [0.29, 0.717) is 10.6 Å². The maximum atomic E-state index is 11.6. The predicted octanol–water partition coefficient (Wildman–Crippen LogP) is 3.66. The Balaban J connectivity index is 2.23. The van der Waals surface area contributed by atoms with Crippen LogP contribution in [0, 0.1) is 0 Å².